The number of nitrogens with zero attached hydrogens (tertiary/aromatic N) is 1. The third-order valence-electron chi connectivity index (χ3n) is 4.58. The van der Waals surface area contributed by atoms with Crippen molar-refractivity contribution in [2.45, 2.75) is 32.2 Å². The zero-order valence-electron chi connectivity index (χ0n) is 12.0. The van der Waals surface area contributed by atoms with Crippen LogP contribution in [0, 0.1) is 17.6 Å². The van der Waals surface area contributed by atoms with Crippen molar-refractivity contribution < 1.29 is 13.6 Å². The van der Waals surface area contributed by atoms with Crippen LogP contribution in [0.25, 0.3) is 0 Å². The summed E-state index contributed by atoms with van der Waals surface area (Å²) in [5, 5.41) is 3.29. The average molecular weight is 294 g/mol. The monoisotopic (exact) mass is 294 g/mol. The van der Waals surface area contributed by atoms with Crippen molar-refractivity contribution in [2.75, 3.05) is 19.6 Å². The highest BCUT2D eigenvalue weighted by Gasteiger charge is 2.26. The van der Waals surface area contributed by atoms with Crippen LogP contribution >= 0.6 is 0 Å². The van der Waals surface area contributed by atoms with E-state index in [1.807, 2.05) is 0 Å². The summed E-state index contributed by atoms with van der Waals surface area (Å²) in [6, 6.07) is 2.31. The topological polar surface area (TPSA) is 32.3 Å². The molecule has 0 saturated carbocycles. The van der Waals surface area contributed by atoms with Gasteiger partial charge < -0.3 is 10.2 Å². The van der Waals surface area contributed by atoms with E-state index in [2.05, 4.69) is 5.32 Å². The smallest absolute Gasteiger partial charge is 0.222 e. The van der Waals surface area contributed by atoms with Gasteiger partial charge in [0.1, 0.15) is 11.6 Å². The molecule has 3 rings (SSSR count). The fourth-order valence-electron chi connectivity index (χ4n) is 3.25. The molecule has 1 saturated heterocycles. The summed E-state index contributed by atoms with van der Waals surface area (Å²) in [5.41, 5.74) is 0.774. The highest BCUT2D eigenvalue weighted by atomic mass is 19.1. The molecule has 0 bridgehead atoms. The highest BCUT2D eigenvalue weighted by molar-refractivity contribution is 5.76. The molecule has 1 amide bonds. The van der Waals surface area contributed by atoms with Crippen molar-refractivity contribution in [3.05, 3.63) is 34.9 Å². The van der Waals surface area contributed by atoms with Crippen LogP contribution in [0.4, 0.5) is 8.78 Å². The molecule has 0 radical (unpaired) electrons. The summed E-state index contributed by atoms with van der Waals surface area (Å²) in [5.74, 6) is -0.157. The molecule has 1 fully saturated rings. The SMILES string of the molecule is O=C(CCC1CCNC1)N1CCc2c(F)ccc(F)c2C1. The van der Waals surface area contributed by atoms with Crippen LogP contribution in [0.2, 0.25) is 0 Å². The maximum atomic E-state index is 13.8. The average Bonchev–Trinajstić information content (AvgIpc) is 3.02. The summed E-state index contributed by atoms with van der Waals surface area (Å²) in [6.45, 7) is 2.69. The minimum Gasteiger partial charge on any atom is -0.338 e. The Hall–Kier alpha value is -1.49. The molecule has 5 heteroatoms. The molecular weight excluding hydrogens is 274 g/mol. The van der Waals surface area contributed by atoms with Crippen LogP contribution in [-0.4, -0.2) is 30.4 Å². The Balaban J connectivity index is 1.62. The minimum absolute atomic E-state index is 0.0520. The fraction of sp³-hybridized carbons (Fsp3) is 0.562. The summed E-state index contributed by atoms with van der Waals surface area (Å²) < 4.78 is 27.5. The van der Waals surface area contributed by atoms with Crippen LogP contribution in [-0.2, 0) is 17.8 Å². The normalized spacial score (nSPS) is 21.4. The second-order valence-electron chi connectivity index (χ2n) is 5.95. The number of halogens is 2. The van der Waals surface area contributed by atoms with E-state index in [1.165, 1.54) is 6.07 Å². The molecule has 1 aromatic rings. The Morgan fingerprint density at radius 3 is 2.76 bits per heavy atom. The second-order valence-corrected chi connectivity index (χ2v) is 5.95. The van der Waals surface area contributed by atoms with Gasteiger partial charge in [-0.05, 0) is 56.0 Å². The van der Waals surface area contributed by atoms with Gasteiger partial charge in [-0.25, -0.2) is 8.78 Å². The molecule has 114 valence electrons. The van der Waals surface area contributed by atoms with Gasteiger partial charge in [0.25, 0.3) is 0 Å². The van der Waals surface area contributed by atoms with E-state index in [1.54, 1.807) is 4.90 Å². The van der Waals surface area contributed by atoms with Crippen molar-refractivity contribution in [2.24, 2.45) is 5.92 Å². The van der Waals surface area contributed by atoms with Crippen molar-refractivity contribution in [1.29, 1.82) is 0 Å². The molecule has 1 atom stereocenters. The lowest BCUT2D eigenvalue weighted by molar-refractivity contribution is -0.132. The predicted molar refractivity (Wildman–Crippen MR) is 75.7 cm³/mol. The number of hydrogen-bond acceptors (Lipinski definition) is 2. The molecule has 1 aromatic carbocycles. The quantitative estimate of drug-likeness (QED) is 0.927. The van der Waals surface area contributed by atoms with Crippen LogP contribution in [0.3, 0.4) is 0 Å². The fourth-order valence-corrected chi connectivity index (χ4v) is 3.25. The first-order valence-corrected chi connectivity index (χ1v) is 7.59. The summed E-state index contributed by atoms with van der Waals surface area (Å²) >= 11 is 0. The van der Waals surface area contributed by atoms with Crippen LogP contribution in [0.15, 0.2) is 12.1 Å². The van der Waals surface area contributed by atoms with Gasteiger partial charge in [-0.1, -0.05) is 0 Å². The van der Waals surface area contributed by atoms with Crippen LogP contribution in [0.5, 0.6) is 0 Å². The van der Waals surface area contributed by atoms with Gasteiger partial charge in [0.2, 0.25) is 5.91 Å². The Labute approximate surface area is 123 Å². The Morgan fingerprint density at radius 2 is 2.05 bits per heavy atom. The molecule has 21 heavy (non-hydrogen) atoms. The lowest BCUT2D eigenvalue weighted by atomic mass is 9.97. The van der Waals surface area contributed by atoms with Gasteiger partial charge in [0.15, 0.2) is 0 Å². The molecule has 0 aromatic heterocycles. The van der Waals surface area contributed by atoms with Gasteiger partial charge in [-0.2, -0.15) is 0 Å². The molecule has 2 aliphatic heterocycles. The first-order chi connectivity index (χ1) is 10.1. The van der Waals surface area contributed by atoms with Gasteiger partial charge in [-0.15, -0.1) is 0 Å². The molecule has 0 aliphatic carbocycles. The van der Waals surface area contributed by atoms with E-state index in [-0.39, 0.29) is 18.3 Å². The van der Waals surface area contributed by atoms with E-state index in [4.69, 9.17) is 0 Å². The molecule has 3 nitrogen and oxygen atoms in total. The second kappa shape index (κ2) is 6.10. The lowest BCUT2D eigenvalue weighted by Gasteiger charge is -2.29. The van der Waals surface area contributed by atoms with Crippen molar-refractivity contribution in [3.8, 4) is 0 Å². The van der Waals surface area contributed by atoms with Gasteiger partial charge in [-0.3, -0.25) is 4.79 Å². The van der Waals surface area contributed by atoms with E-state index in [9.17, 15) is 13.6 Å². The van der Waals surface area contributed by atoms with Crippen molar-refractivity contribution >= 4 is 5.91 Å². The highest BCUT2D eigenvalue weighted by Crippen LogP contribution is 2.25. The number of benzene rings is 1. The van der Waals surface area contributed by atoms with E-state index >= 15 is 0 Å². The third kappa shape index (κ3) is 3.07. The number of carbonyl (C=O) groups excluding carboxylic acids is 1. The number of amides is 1. The van der Waals surface area contributed by atoms with Crippen LogP contribution in [0.1, 0.15) is 30.4 Å². The Morgan fingerprint density at radius 1 is 1.29 bits per heavy atom. The number of carbonyl (C=O) groups is 1. The van der Waals surface area contributed by atoms with E-state index < -0.39 is 5.82 Å². The zero-order valence-corrected chi connectivity index (χ0v) is 12.0. The first-order valence-electron chi connectivity index (χ1n) is 7.59. The summed E-state index contributed by atoms with van der Waals surface area (Å²) in [4.78, 5) is 13.9. The number of hydrogen-bond donors (Lipinski definition) is 1. The Bertz CT molecular complexity index is 541. The summed E-state index contributed by atoms with van der Waals surface area (Å²) in [6.07, 6.45) is 2.89. The largest absolute Gasteiger partial charge is 0.338 e. The van der Waals surface area contributed by atoms with E-state index in [0.717, 1.165) is 32.0 Å². The summed E-state index contributed by atoms with van der Waals surface area (Å²) in [7, 11) is 0. The van der Waals surface area contributed by atoms with Gasteiger partial charge in [0, 0.05) is 25.1 Å². The molecule has 2 heterocycles. The van der Waals surface area contributed by atoms with Crippen molar-refractivity contribution in [1.82, 2.24) is 10.2 Å². The lowest BCUT2D eigenvalue weighted by Crippen LogP contribution is -2.37. The number of fused-ring (bicyclic) bond motifs is 1. The van der Waals surface area contributed by atoms with Crippen LogP contribution < -0.4 is 5.32 Å². The first kappa shape index (κ1) is 14.4. The zero-order chi connectivity index (χ0) is 14.8. The van der Waals surface area contributed by atoms with E-state index in [0.29, 0.717) is 36.4 Å². The number of rotatable bonds is 3. The molecule has 0 spiro atoms. The van der Waals surface area contributed by atoms with Gasteiger partial charge in [0.05, 0.1) is 0 Å². The number of nitrogens with one attached hydrogen (secondary N) is 1. The molecule has 1 N–H and O–H groups in total. The molecular formula is C16H20F2N2O. The van der Waals surface area contributed by atoms with Gasteiger partial charge >= 0.3 is 0 Å². The Kier molecular flexibility index (Phi) is 4.19. The standard InChI is InChI=1S/C16H20F2N2O/c17-14-2-3-15(18)13-10-20(8-6-12(13)14)16(21)4-1-11-5-7-19-9-11/h2-3,11,19H,1,4-10H2. The minimum atomic E-state index is -0.413. The third-order valence-corrected chi connectivity index (χ3v) is 4.58. The maximum absolute atomic E-state index is 13.8. The van der Waals surface area contributed by atoms with Crippen molar-refractivity contribution in [3.63, 3.8) is 0 Å². The molecule has 2 aliphatic rings. The maximum Gasteiger partial charge on any atom is 0.222 e. The predicted octanol–water partition coefficient (Wildman–Crippen LogP) is 2.24. The molecule has 1 unspecified atom stereocenters.